The van der Waals surface area contributed by atoms with E-state index in [1.165, 1.54) is 11.1 Å². The highest BCUT2D eigenvalue weighted by molar-refractivity contribution is 5.87. The van der Waals surface area contributed by atoms with Crippen LogP contribution in [-0.4, -0.2) is 14.2 Å². The summed E-state index contributed by atoms with van der Waals surface area (Å²) in [5.41, 5.74) is 8.64. The van der Waals surface area contributed by atoms with Crippen molar-refractivity contribution in [3.05, 3.63) is 146 Å². The van der Waals surface area contributed by atoms with Crippen LogP contribution in [0.5, 0.6) is 11.5 Å². The minimum Gasteiger partial charge on any atom is -0.497 e. The lowest BCUT2D eigenvalue weighted by Crippen LogP contribution is -2.12. The first-order valence-electron chi connectivity index (χ1n) is 13.3. The van der Waals surface area contributed by atoms with E-state index in [1.807, 2.05) is 36.4 Å². The lowest BCUT2D eigenvalue weighted by atomic mass is 10.1. The maximum Gasteiger partial charge on any atom is 0.119 e. The molecule has 6 rings (SSSR count). The second-order valence-corrected chi connectivity index (χ2v) is 9.46. The zero-order valence-electron chi connectivity index (χ0n) is 22.6. The van der Waals surface area contributed by atoms with E-state index in [-0.39, 0.29) is 0 Å². The summed E-state index contributed by atoms with van der Waals surface area (Å²) in [5.74, 6) is 1.65. The molecular formula is C36H30N2O2. The zero-order chi connectivity index (χ0) is 27.3. The quantitative estimate of drug-likeness (QED) is 0.199. The number of rotatable bonds is 8. The molecule has 40 heavy (non-hydrogen) atoms. The third kappa shape index (κ3) is 5.07. The van der Waals surface area contributed by atoms with Gasteiger partial charge in [-0.1, -0.05) is 54.6 Å². The molecule has 0 aromatic heterocycles. The summed E-state index contributed by atoms with van der Waals surface area (Å²) in [6.45, 7) is 0. The van der Waals surface area contributed by atoms with Gasteiger partial charge in [-0.3, -0.25) is 0 Å². The van der Waals surface area contributed by atoms with Gasteiger partial charge in [0.25, 0.3) is 0 Å². The number of ether oxygens (including phenoxy) is 2. The van der Waals surface area contributed by atoms with Gasteiger partial charge in [0, 0.05) is 34.1 Å². The minimum atomic E-state index is 0.823. The van der Waals surface area contributed by atoms with Crippen LogP contribution in [0, 0.1) is 0 Å². The molecule has 2 aliphatic carbocycles. The first-order chi connectivity index (χ1) is 19.7. The standard InChI is InChI=1S/C36H30N2O2/c1-39-35-20-16-31(17-21-35)37(29-12-5-3-6-13-29)33-24-27-10-9-11-28(27)25-34(26-33)38(30-14-7-4-8-15-30)32-18-22-36(40-2)23-19-32/h3-26H,1-2H3. The van der Waals surface area contributed by atoms with Gasteiger partial charge in [0.2, 0.25) is 0 Å². The van der Waals surface area contributed by atoms with Gasteiger partial charge in [-0.15, -0.1) is 0 Å². The summed E-state index contributed by atoms with van der Waals surface area (Å²) in [6.07, 6.45) is 0. The molecule has 196 valence electrons. The third-order valence-electron chi connectivity index (χ3n) is 6.99. The van der Waals surface area contributed by atoms with Crippen LogP contribution in [0.2, 0.25) is 0 Å². The Labute approximate surface area is 235 Å². The van der Waals surface area contributed by atoms with Crippen LogP contribution < -0.4 is 19.3 Å². The van der Waals surface area contributed by atoms with Crippen molar-refractivity contribution in [1.82, 2.24) is 0 Å². The number of nitrogens with zero attached hydrogens (tertiary/aromatic N) is 2. The highest BCUT2D eigenvalue weighted by Gasteiger charge is 2.19. The van der Waals surface area contributed by atoms with Crippen molar-refractivity contribution in [2.75, 3.05) is 24.0 Å². The molecule has 0 spiro atoms. The number of hydrogen-bond donors (Lipinski definition) is 0. The summed E-state index contributed by atoms with van der Waals surface area (Å²) < 4.78 is 10.9. The molecule has 4 aromatic rings. The molecule has 4 aromatic carbocycles. The largest absolute Gasteiger partial charge is 0.497 e. The zero-order valence-corrected chi connectivity index (χ0v) is 22.6. The lowest BCUT2D eigenvalue weighted by molar-refractivity contribution is 0.414. The Hall–Kier alpha value is -5.22. The van der Waals surface area contributed by atoms with E-state index in [4.69, 9.17) is 9.47 Å². The number of hydrogen-bond acceptors (Lipinski definition) is 4. The van der Waals surface area contributed by atoms with Gasteiger partial charge in [0.15, 0.2) is 0 Å². The highest BCUT2D eigenvalue weighted by atomic mass is 16.5. The molecule has 0 heterocycles. The summed E-state index contributed by atoms with van der Waals surface area (Å²) in [7, 11) is 3.38. The van der Waals surface area contributed by atoms with Crippen LogP contribution in [0.4, 0.5) is 34.1 Å². The van der Waals surface area contributed by atoms with Gasteiger partial charge in [-0.05, 0) is 102 Å². The Balaban J connectivity index is 1.59. The van der Waals surface area contributed by atoms with E-state index >= 15 is 0 Å². The molecular weight excluding hydrogens is 492 g/mol. The van der Waals surface area contributed by atoms with Gasteiger partial charge >= 0.3 is 0 Å². The number of methoxy groups -OCH3 is 2. The van der Waals surface area contributed by atoms with E-state index in [0.717, 1.165) is 45.6 Å². The smallest absolute Gasteiger partial charge is 0.119 e. The molecule has 0 N–H and O–H groups in total. The molecule has 0 saturated carbocycles. The SMILES string of the molecule is COc1ccc(N(c2ccccc2)c2cc3cccc-3cc(N(c3ccccc3)c3ccc(OC)cc3)c2)cc1. The average molecular weight is 523 g/mol. The summed E-state index contributed by atoms with van der Waals surface area (Å²) in [4.78, 5) is 4.57. The molecule has 2 aliphatic rings. The summed E-state index contributed by atoms with van der Waals surface area (Å²) >= 11 is 0. The van der Waals surface area contributed by atoms with Crippen LogP contribution in [0.25, 0.3) is 11.1 Å². The molecule has 0 bridgehead atoms. The Morgan fingerprint density at radius 2 is 0.725 bits per heavy atom. The average Bonchev–Trinajstić information content (AvgIpc) is 3.37. The van der Waals surface area contributed by atoms with Gasteiger partial charge in [-0.25, -0.2) is 0 Å². The van der Waals surface area contributed by atoms with Crippen molar-refractivity contribution < 1.29 is 9.47 Å². The van der Waals surface area contributed by atoms with Crippen LogP contribution >= 0.6 is 0 Å². The molecule has 4 nitrogen and oxygen atoms in total. The molecule has 0 saturated heterocycles. The normalized spacial score (nSPS) is 10.8. The van der Waals surface area contributed by atoms with Crippen molar-refractivity contribution in [2.45, 2.75) is 0 Å². The second kappa shape index (κ2) is 11.3. The van der Waals surface area contributed by atoms with E-state index in [2.05, 4.69) is 119 Å². The van der Waals surface area contributed by atoms with Crippen LogP contribution in [-0.2, 0) is 0 Å². The van der Waals surface area contributed by atoms with Crippen LogP contribution in [0.3, 0.4) is 0 Å². The monoisotopic (exact) mass is 522 g/mol. The number of fused-ring (bicyclic) bond motifs is 1. The fourth-order valence-corrected chi connectivity index (χ4v) is 5.03. The maximum absolute atomic E-state index is 5.45. The second-order valence-electron chi connectivity index (χ2n) is 9.46. The topological polar surface area (TPSA) is 24.9 Å². The Bertz CT molecular complexity index is 1530. The van der Waals surface area contributed by atoms with Crippen molar-refractivity contribution >= 4 is 34.1 Å². The molecule has 0 amide bonds. The van der Waals surface area contributed by atoms with Crippen molar-refractivity contribution in [2.24, 2.45) is 0 Å². The third-order valence-corrected chi connectivity index (χ3v) is 6.99. The van der Waals surface area contributed by atoms with Crippen LogP contribution in [0.1, 0.15) is 0 Å². The molecule has 0 unspecified atom stereocenters. The maximum atomic E-state index is 5.45. The van der Waals surface area contributed by atoms with Crippen molar-refractivity contribution in [3.8, 4) is 22.6 Å². The van der Waals surface area contributed by atoms with Crippen LogP contribution in [0.15, 0.2) is 146 Å². The fourth-order valence-electron chi connectivity index (χ4n) is 5.03. The van der Waals surface area contributed by atoms with Gasteiger partial charge in [0.05, 0.1) is 14.2 Å². The Morgan fingerprint density at radius 1 is 0.350 bits per heavy atom. The first-order valence-corrected chi connectivity index (χ1v) is 13.3. The number of anilines is 6. The molecule has 0 aliphatic heterocycles. The lowest BCUT2D eigenvalue weighted by Gasteiger charge is -2.28. The predicted octanol–water partition coefficient (Wildman–Crippen LogP) is 9.75. The Morgan fingerprint density at radius 3 is 1.10 bits per heavy atom. The van der Waals surface area contributed by atoms with Gasteiger partial charge < -0.3 is 19.3 Å². The molecule has 0 fully saturated rings. The predicted molar refractivity (Wildman–Crippen MR) is 166 cm³/mol. The van der Waals surface area contributed by atoms with Crippen molar-refractivity contribution in [3.63, 3.8) is 0 Å². The number of para-hydroxylation sites is 2. The van der Waals surface area contributed by atoms with Gasteiger partial charge in [-0.2, -0.15) is 0 Å². The fraction of sp³-hybridized carbons (Fsp3) is 0.0556. The molecule has 4 heteroatoms. The van der Waals surface area contributed by atoms with E-state index in [9.17, 15) is 0 Å². The summed E-state index contributed by atoms with van der Waals surface area (Å²) in [6, 6.07) is 50.5. The summed E-state index contributed by atoms with van der Waals surface area (Å²) in [5, 5.41) is 0. The van der Waals surface area contributed by atoms with E-state index in [1.54, 1.807) is 14.2 Å². The Kier molecular flexibility index (Phi) is 7.06. The molecule has 0 atom stereocenters. The number of benzene rings is 4. The first kappa shape index (κ1) is 25.1. The van der Waals surface area contributed by atoms with Crippen molar-refractivity contribution in [1.29, 1.82) is 0 Å². The minimum absolute atomic E-state index is 0.823. The molecule has 0 radical (unpaired) electrons. The van der Waals surface area contributed by atoms with Gasteiger partial charge in [0.1, 0.15) is 11.5 Å². The highest BCUT2D eigenvalue weighted by Crippen LogP contribution is 2.43. The van der Waals surface area contributed by atoms with E-state index in [0.29, 0.717) is 0 Å². The van der Waals surface area contributed by atoms with E-state index < -0.39 is 0 Å².